The van der Waals surface area contributed by atoms with E-state index in [9.17, 15) is 19.5 Å². The van der Waals surface area contributed by atoms with Crippen LogP contribution in [0.1, 0.15) is 58.6 Å². The fraction of sp³-hybridized carbons (Fsp3) is 0.514. The van der Waals surface area contributed by atoms with Crippen LogP contribution in [0, 0.1) is 0 Å². The molecule has 0 radical (unpaired) electrons. The van der Waals surface area contributed by atoms with Gasteiger partial charge in [-0.15, -0.1) is 0 Å². The molecule has 2 atom stereocenters. The van der Waals surface area contributed by atoms with Gasteiger partial charge in [-0.25, -0.2) is 14.4 Å². The van der Waals surface area contributed by atoms with E-state index in [4.69, 9.17) is 58.5 Å². The van der Waals surface area contributed by atoms with Gasteiger partial charge in [-0.3, -0.25) is 4.90 Å². The second-order valence-corrected chi connectivity index (χ2v) is 15.6. The van der Waals surface area contributed by atoms with Gasteiger partial charge in [-0.1, -0.05) is 65.1 Å². The maximum absolute atomic E-state index is 13.6. The Morgan fingerprint density at radius 3 is 2.18 bits per heavy atom. The fourth-order valence-corrected chi connectivity index (χ4v) is 5.76. The number of aliphatic carboxylic acids is 1. The molecule has 11 nitrogen and oxygen atoms in total. The second kappa shape index (κ2) is 15.7. The predicted octanol–water partition coefficient (Wildman–Crippen LogP) is 7.50. The predicted molar refractivity (Wildman–Crippen MR) is 186 cm³/mol. The third-order valence-electron chi connectivity index (χ3n) is 8.12. The summed E-state index contributed by atoms with van der Waals surface area (Å²) in [4.78, 5) is 42.4. The van der Waals surface area contributed by atoms with E-state index in [-0.39, 0.29) is 25.1 Å². The third kappa shape index (κ3) is 9.66. The lowest BCUT2D eigenvalue weighted by molar-refractivity contribution is -0.134. The van der Waals surface area contributed by atoms with Gasteiger partial charge in [0, 0.05) is 25.1 Å². The molecule has 2 amide bonds. The Morgan fingerprint density at radius 1 is 0.898 bits per heavy atom. The molecule has 0 aliphatic carbocycles. The van der Waals surface area contributed by atoms with Crippen LogP contribution in [-0.4, -0.2) is 93.6 Å². The Balaban J connectivity index is 1.50. The number of hydrogen-bond donors (Lipinski definition) is 1. The lowest BCUT2D eigenvalue weighted by Gasteiger charge is -2.50. The van der Waals surface area contributed by atoms with Gasteiger partial charge in [0.15, 0.2) is 5.60 Å². The Hall–Kier alpha value is -3.38. The summed E-state index contributed by atoms with van der Waals surface area (Å²) in [7, 11) is 1.62. The number of carboxylic acids is 1. The van der Waals surface area contributed by atoms with Crippen molar-refractivity contribution in [3.05, 3.63) is 65.2 Å². The molecule has 268 valence electrons. The summed E-state index contributed by atoms with van der Waals surface area (Å²) in [6.07, 6.45) is -0.700. The molecule has 49 heavy (non-hydrogen) atoms. The monoisotopic (exact) mass is 740 g/mol. The highest BCUT2D eigenvalue weighted by Gasteiger charge is 2.51. The molecule has 0 saturated carbocycles. The smallest absolute Gasteiger partial charge is 0.411 e. The van der Waals surface area contributed by atoms with Crippen molar-refractivity contribution in [2.45, 2.75) is 81.1 Å². The van der Waals surface area contributed by atoms with Crippen LogP contribution in [0.15, 0.2) is 54.1 Å². The van der Waals surface area contributed by atoms with Crippen molar-refractivity contribution in [1.82, 2.24) is 9.80 Å². The van der Waals surface area contributed by atoms with Gasteiger partial charge in [-0.05, 0) is 70.4 Å². The van der Waals surface area contributed by atoms with E-state index >= 15 is 0 Å². The van der Waals surface area contributed by atoms with Crippen LogP contribution in [-0.2, 0) is 25.6 Å². The van der Waals surface area contributed by atoms with Crippen molar-refractivity contribution < 1.29 is 43.2 Å². The van der Waals surface area contributed by atoms with E-state index in [1.807, 2.05) is 24.3 Å². The summed E-state index contributed by atoms with van der Waals surface area (Å²) in [5.74, 6) is 0.146. The number of carbonyl (C=O) groups is 3. The third-order valence-corrected chi connectivity index (χ3v) is 9.49. The van der Waals surface area contributed by atoms with Crippen molar-refractivity contribution in [2.24, 2.45) is 0 Å². The number of hydrogen-bond acceptors (Lipinski definition) is 8. The Labute approximate surface area is 301 Å². The average Bonchev–Trinajstić information content (AvgIpc) is 3.00. The first kappa shape index (κ1) is 38.4. The summed E-state index contributed by atoms with van der Waals surface area (Å²) in [6, 6.07) is 13.1. The van der Waals surface area contributed by atoms with Crippen LogP contribution in [0.5, 0.6) is 11.5 Å². The SMILES string of the molecule is COc1ccccc1COCCCOc1ccc(C2=C(C(=O)O)[C@H]3CN(C(=O)OC(C)(C)C)C[C@@H](C2)N3C(=O)OC(C)(C)C(Cl)(Cl)Cl)cc1. The maximum Gasteiger partial charge on any atom is 0.411 e. The molecule has 0 unspecified atom stereocenters. The molecule has 1 fully saturated rings. The standard InChI is InChI=1S/C35H43Cl3N2O9/c1-33(2,3)48-31(43)39-19-24-18-26(29(30(41)42)27(20-39)40(24)32(44)49-34(4,5)35(36,37)38)22-12-14-25(15-13-22)47-17-9-16-46-21-23-10-7-8-11-28(23)45-6/h7-8,10-15,24,27H,9,16-21H2,1-6H3,(H,41,42)/t24-,27-/m1/s1. The number of benzene rings is 2. The first-order valence-corrected chi connectivity index (χ1v) is 17.0. The minimum atomic E-state index is -1.96. The lowest BCUT2D eigenvalue weighted by atomic mass is 9.82. The summed E-state index contributed by atoms with van der Waals surface area (Å²) in [6.45, 7) is 9.39. The number of amides is 2. The number of carboxylic acid groups (broad SMARTS) is 1. The minimum absolute atomic E-state index is 0.0472. The zero-order valence-electron chi connectivity index (χ0n) is 28.5. The quantitative estimate of drug-likeness (QED) is 0.184. The first-order valence-electron chi connectivity index (χ1n) is 15.9. The van der Waals surface area contributed by atoms with E-state index in [1.54, 1.807) is 52.1 Å². The molecule has 2 aromatic carbocycles. The van der Waals surface area contributed by atoms with E-state index in [0.717, 1.165) is 11.3 Å². The number of ether oxygens (including phenoxy) is 5. The molecule has 0 spiro atoms. The summed E-state index contributed by atoms with van der Waals surface area (Å²) < 4.78 is 26.3. The minimum Gasteiger partial charge on any atom is -0.496 e. The largest absolute Gasteiger partial charge is 0.496 e. The maximum atomic E-state index is 13.6. The van der Waals surface area contributed by atoms with Gasteiger partial charge in [-0.2, -0.15) is 0 Å². The van der Waals surface area contributed by atoms with E-state index in [0.29, 0.717) is 43.1 Å². The molecule has 1 saturated heterocycles. The Morgan fingerprint density at radius 2 is 1.57 bits per heavy atom. The van der Waals surface area contributed by atoms with Gasteiger partial charge in [0.1, 0.15) is 17.1 Å². The molecule has 0 aromatic heterocycles. The number of alkyl halides is 3. The summed E-state index contributed by atoms with van der Waals surface area (Å²) >= 11 is 18.2. The van der Waals surface area contributed by atoms with Crippen molar-refractivity contribution in [3.63, 3.8) is 0 Å². The molecular formula is C35H43Cl3N2O9. The fourth-order valence-electron chi connectivity index (χ4n) is 5.64. The van der Waals surface area contributed by atoms with E-state index < -0.39 is 45.2 Å². The molecule has 2 aromatic rings. The number of rotatable bonds is 11. The molecule has 4 rings (SSSR count). The lowest BCUT2D eigenvalue weighted by Crippen LogP contribution is -2.65. The topological polar surface area (TPSA) is 124 Å². The second-order valence-electron chi connectivity index (χ2n) is 13.3. The van der Waals surface area contributed by atoms with Crippen molar-refractivity contribution in [1.29, 1.82) is 0 Å². The number of halogens is 3. The highest BCUT2D eigenvalue weighted by Crippen LogP contribution is 2.43. The molecule has 2 aliphatic rings. The molecule has 14 heteroatoms. The molecular weight excluding hydrogens is 699 g/mol. The van der Waals surface area contributed by atoms with Crippen LogP contribution >= 0.6 is 34.8 Å². The number of piperazine rings is 1. The van der Waals surface area contributed by atoms with E-state index in [1.165, 1.54) is 23.6 Å². The van der Waals surface area contributed by atoms with Crippen molar-refractivity contribution in [2.75, 3.05) is 33.4 Å². The van der Waals surface area contributed by atoms with Gasteiger partial charge in [0.2, 0.25) is 3.79 Å². The van der Waals surface area contributed by atoms with Crippen LogP contribution in [0.3, 0.4) is 0 Å². The number of fused-ring (bicyclic) bond motifs is 2. The highest BCUT2D eigenvalue weighted by molar-refractivity contribution is 6.68. The van der Waals surface area contributed by atoms with Crippen molar-refractivity contribution in [3.8, 4) is 11.5 Å². The Bertz CT molecular complexity index is 1530. The highest BCUT2D eigenvalue weighted by atomic mass is 35.6. The van der Waals surface area contributed by atoms with Gasteiger partial charge >= 0.3 is 18.2 Å². The zero-order valence-corrected chi connectivity index (χ0v) is 30.7. The van der Waals surface area contributed by atoms with Gasteiger partial charge in [0.05, 0.1) is 44.6 Å². The van der Waals surface area contributed by atoms with Gasteiger partial charge < -0.3 is 33.7 Å². The normalized spacial score (nSPS) is 18.2. The van der Waals surface area contributed by atoms with E-state index in [2.05, 4.69) is 0 Å². The molecule has 2 bridgehead atoms. The van der Waals surface area contributed by atoms with Gasteiger partial charge in [0.25, 0.3) is 0 Å². The Kier molecular flexibility index (Phi) is 12.3. The van der Waals surface area contributed by atoms with Crippen molar-refractivity contribution >= 4 is 58.5 Å². The summed E-state index contributed by atoms with van der Waals surface area (Å²) in [5.41, 5.74) is -0.215. The zero-order chi connectivity index (χ0) is 36.1. The molecule has 2 heterocycles. The van der Waals surface area contributed by atoms with Crippen LogP contribution in [0.4, 0.5) is 9.59 Å². The summed E-state index contributed by atoms with van der Waals surface area (Å²) in [5, 5.41) is 10.5. The van der Waals surface area contributed by atoms with Crippen LogP contribution in [0.2, 0.25) is 0 Å². The average molecular weight is 742 g/mol. The number of carbonyl (C=O) groups excluding carboxylic acids is 2. The van der Waals surface area contributed by atoms with Crippen LogP contribution in [0.25, 0.3) is 5.57 Å². The number of methoxy groups -OCH3 is 1. The molecule has 2 aliphatic heterocycles. The first-order chi connectivity index (χ1) is 22.9. The van der Waals surface area contributed by atoms with Crippen LogP contribution < -0.4 is 9.47 Å². The number of para-hydroxylation sites is 1. The number of nitrogens with zero attached hydrogens (tertiary/aromatic N) is 2. The molecule has 1 N–H and O–H groups in total.